The maximum atomic E-state index is 13.9. The summed E-state index contributed by atoms with van der Waals surface area (Å²) in [7, 11) is -1.46. The van der Waals surface area contributed by atoms with Gasteiger partial charge in [0.1, 0.15) is 11.2 Å². The Bertz CT molecular complexity index is 1290. The van der Waals surface area contributed by atoms with Crippen LogP contribution in [0.5, 0.6) is 5.75 Å². The van der Waals surface area contributed by atoms with Crippen molar-refractivity contribution in [1.29, 1.82) is 0 Å². The van der Waals surface area contributed by atoms with Gasteiger partial charge in [-0.3, -0.25) is 4.79 Å². The second-order valence-corrected chi connectivity index (χ2v) is 12.9. The van der Waals surface area contributed by atoms with E-state index in [-0.39, 0.29) is 23.2 Å². The molecule has 0 N–H and O–H groups in total. The number of carbonyl (C=O) groups excluding carboxylic acids is 1. The van der Waals surface area contributed by atoms with Crippen molar-refractivity contribution in [2.75, 3.05) is 0 Å². The van der Waals surface area contributed by atoms with Gasteiger partial charge in [-0.25, -0.2) is 4.21 Å². The van der Waals surface area contributed by atoms with Crippen molar-refractivity contribution in [2.24, 2.45) is 0 Å². The predicted octanol–water partition coefficient (Wildman–Crippen LogP) is 7.20. The summed E-state index contributed by atoms with van der Waals surface area (Å²) in [6.07, 6.45) is 0.196. The Morgan fingerprint density at radius 1 is 0.886 bits per heavy atom. The molecule has 0 fully saturated rings. The smallest absolute Gasteiger partial charge is 0.327 e. The van der Waals surface area contributed by atoms with Crippen LogP contribution in [0, 0.1) is 0 Å². The molecule has 182 valence electrons. The molecule has 2 unspecified atom stereocenters. The Morgan fingerprint density at radius 2 is 1.46 bits per heavy atom. The Kier molecular flexibility index (Phi) is 6.39. The summed E-state index contributed by atoms with van der Waals surface area (Å²) in [6.45, 7) is 17.1. The molecule has 1 aliphatic rings. The van der Waals surface area contributed by atoms with Gasteiger partial charge in [-0.1, -0.05) is 109 Å². The van der Waals surface area contributed by atoms with Crippen molar-refractivity contribution in [1.82, 2.24) is 0 Å². The maximum absolute atomic E-state index is 13.9. The van der Waals surface area contributed by atoms with Crippen LogP contribution in [0.4, 0.5) is 0 Å². The Morgan fingerprint density at radius 3 is 2.00 bits per heavy atom. The lowest BCUT2D eigenvalue weighted by Gasteiger charge is -2.31. The van der Waals surface area contributed by atoms with Crippen molar-refractivity contribution < 1.29 is 13.7 Å². The minimum Gasteiger partial charge on any atom is -0.425 e. The quantitative estimate of drug-likeness (QED) is 0.283. The number of hydrogen-bond acceptors (Lipinski definition) is 3. The monoisotopic (exact) mass is 486 g/mol. The van der Waals surface area contributed by atoms with Crippen molar-refractivity contribution in [3.63, 3.8) is 0 Å². The van der Waals surface area contributed by atoms with Gasteiger partial charge in [-0.05, 0) is 34.1 Å². The van der Waals surface area contributed by atoms with Crippen LogP contribution in [-0.4, -0.2) is 10.2 Å². The number of benzene rings is 3. The van der Waals surface area contributed by atoms with Gasteiger partial charge in [-0.15, -0.1) is 0 Å². The molecule has 4 rings (SSSR count). The third kappa shape index (κ3) is 4.52. The first kappa shape index (κ1) is 25.1. The molecule has 3 aromatic rings. The molecule has 0 bridgehead atoms. The van der Waals surface area contributed by atoms with Crippen LogP contribution in [0.1, 0.15) is 70.2 Å². The zero-order valence-corrected chi connectivity index (χ0v) is 22.3. The van der Waals surface area contributed by atoms with Crippen molar-refractivity contribution in [3.05, 3.63) is 107 Å². The lowest BCUT2D eigenvalue weighted by molar-refractivity contribution is -0.136. The summed E-state index contributed by atoms with van der Waals surface area (Å²) >= 11 is 0. The molecule has 35 heavy (non-hydrogen) atoms. The topological polar surface area (TPSA) is 43.4 Å². The molecular weight excluding hydrogens is 452 g/mol. The van der Waals surface area contributed by atoms with Crippen LogP contribution >= 0.6 is 0 Å². The SMILES string of the molecule is C=C(CC1(c2ccccc2)C(=O)Oc2c(C(C)(C)C)cc(C(C)(C)C)cc21)S(=O)c1ccccc1. The molecule has 0 amide bonds. The van der Waals surface area contributed by atoms with Crippen molar-refractivity contribution >= 4 is 16.8 Å². The van der Waals surface area contributed by atoms with E-state index in [0.29, 0.717) is 15.6 Å². The van der Waals surface area contributed by atoms with E-state index in [2.05, 4.69) is 60.3 Å². The second kappa shape index (κ2) is 8.91. The highest BCUT2D eigenvalue weighted by atomic mass is 32.2. The highest BCUT2D eigenvalue weighted by Gasteiger charge is 2.53. The molecular formula is C31H34O3S. The van der Waals surface area contributed by atoms with Crippen LogP contribution in [0.2, 0.25) is 0 Å². The molecule has 0 aromatic heterocycles. The minimum atomic E-state index is -1.46. The molecule has 2 atom stereocenters. The van der Waals surface area contributed by atoms with Gasteiger partial charge >= 0.3 is 5.97 Å². The first-order valence-corrected chi connectivity index (χ1v) is 13.1. The van der Waals surface area contributed by atoms with E-state index < -0.39 is 16.2 Å². The highest BCUT2D eigenvalue weighted by Crippen LogP contribution is 2.53. The van der Waals surface area contributed by atoms with Crippen LogP contribution in [0.15, 0.2) is 89.2 Å². The summed E-state index contributed by atoms with van der Waals surface area (Å²) in [4.78, 5) is 15.1. The largest absolute Gasteiger partial charge is 0.425 e. The maximum Gasteiger partial charge on any atom is 0.327 e. The number of ether oxygens (including phenoxy) is 1. The summed E-state index contributed by atoms with van der Waals surface area (Å²) in [5.74, 6) is 0.277. The molecule has 0 spiro atoms. The minimum absolute atomic E-state index is 0.132. The summed E-state index contributed by atoms with van der Waals surface area (Å²) < 4.78 is 19.5. The number of allylic oxidation sites excluding steroid dienone is 1. The second-order valence-electron chi connectivity index (χ2n) is 11.4. The normalized spacial score (nSPS) is 18.6. The Balaban J connectivity index is 1.97. The predicted molar refractivity (Wildman–Crippen MR) is 143 cm³/mol. The van der Waals surface area contributed by atoms with E-state index in [1.54, 1.807) is 0 Å². The molecule has 3 nitrogen and oxygen atoms in total. The Hall–Kier alpha value is -2.98. The number of carbonyl (C=O) groups is 1. The van der Waals surface area contributed by atoms with E-state index in [1.807, 2.05) is 60.7 Å². The first-order valence-electron chi connectivity index (χ1n) is 12.0. The van der Waals surface area contributed by atoms with E-state index >= 15 is 0 Å². The van der Waals surface area contributed by atoms with Crippen LogP contribution in [0.25, 0.3) is 0 Å². The van der Waals surface area contributed by atoms with Gasteiger partial charge in [0, 0.05) is 27.3 Å². The molecule has 3 aromatic carbocycles. The lowest BCUT2D eigenvalue weighted by Crippen LogP contribution is -2.36. The van der Waals surface area contributed by atoms with Crippen LogP contribution in [0.3, 0.4) is 0 Å². The van der Waals surface area contributed by atoms with Gasteiger partial charge in [0.15, 0.2) is 0 Å². The van der Waals surface area contributed by atoms with Gasteiger partial charge < -0.3 is 4.74 Å². The first-order chi connectivity index (χ1) is 16.4. The average Bonchev–Trinajstić information content (AvgIpc) is 3.09. The van der Waals surface area contributed by atoms with E-state index in [4.69, 9.17) is 4.74 Å². The zero-order valence-electron chi connectivity index (χ0n) is 21.5. The number of rotatable bonds is 5. The third-order valence-electron chi connectivity index (χ3n) is 6.71. The number of fused-ring (bicyclic) bond motifs is 1. The van der Waals surface area contributed by atoms with E-state index in [9.17, 15) is 9.00 Å². The third-order valence-corrected chi connectivity index (χ3v) is 8.08. The van der Waals surface area contributed by atoms with Gasteiger partial charge in [0.2, 0.25) is 0 Å². The average molecular weight is 487 g/mol. The van der Waals surface area contributed by atoms with Crippen LogP contribution < -0.4 is 4.74 Å². The molecule has 1 heterocycles. The summed E-state index contributed by atoms with van der Waals surface area (Å²) in [5.41, 5.74) is 2.29. The highest BCUT2D eigenvalue weighted by molar-refractivity contribution is 7.89. The van der Waals surface area contributed by atoms with Crippen LogP contribution in [-0.2, 0) is 31.8 Å². The fourth-order valence-electron chi connectivity index (χ4n) is 4.67. The van der Waals surface area contributed by atoms with Gasteiger partial charge in [0.05, 0.1) is 10.8 Å². The number of hydrogen-bond donors (Lipinski definition) is 0. The Labute approximate surface area is 211 Å². The standard InChI is InChI=1S/C31H34O3S/c1-21(35(33)24-16-12-9-13-17-24)20-31(22-14-10-8-11-15-22)26-19-23(29(2,3)4)18-25(30(5,6)7)27(26)34-28(31)32/h8-19H,1,20H2,2-7H3. The molecule has 0 radical (unpaired) electrons. The fraction of sp³-hybridized carbons (Fsp3) is 0.323. The molecule has 0 saturated carbocycles. The molecule has 0 aliphatic carbocycles. The fourth-order valence-corrected chi connectivity index (χ4v) is 5.76. The number of esters is 1. The van der Waals surface area contributed by atoms with E-state index in [0.717, 1.165) is 22.3 Å². The summed E-state index contributed by atoms with van der Waals surface area (Å²) in [6, 6.07) is 23.2. The molecule has 1 aliphatic heterocycles. The molecule has 4 heteroatoms. The van der Waals surface area contributed by atoms with Crippen molar-refractivity contribution in [2.45, 2.75) is 69.1 Å². The van der Waals surface area contributed by atoms with E-state index in [1.165, 1.54) is 0 Å². The zero-order chi connectivity index (χ0) is 25.6. The van der Waals surface area contributed by atoms with Gasteiger partial charge in [-0.2, -0.15) is 0 Å². The van der Waals surface area contributed by atoms with Crippen molar-refractivity contribution in [3.8, 4) is 5.75 Å². The lowest BCUT2D eigenvalue weighted by atomic mass is 9.69. The molecule has 0 saturated heterocycles. The van der Waals surface area contributed by atoms with Gasteiger partial charge in [0.25, 0.3) is 0 Å². The summed E-state index contributed by atoms with van der Waals surface area (Å²) in [5, 5.41) is 0.